The maximum absolute atomic E-state index is 12.3. The van der Waals surface area contributed by atoms with E-state index in [1.54, 1.807) is 0 Å². The summed E-state index contributed by atoms with van der Waals surface area (Å²) in [5.74, 6) is 0.0402. The first-order valence-corrected chi connectivity index (χ1v) is 7.81. The van der Waals surface area contributed by atoms with E-state index in [9.17, 15) is 4.79 Å². The summed E-state index contributed by atoms with van der Waals surface area (Å²) in [5, 5.41) is 3.17. The van der Waals surface area contributed by atoms with Gasteiger partial charge in [0.2, 0.25) is 0 Å². The molecule has 3 N–H and O–H groups in total. The molecule has 1 unspecified atom stereocenters. The number of benzene rings is 1. The van der Waals surface area contributed by atoms with Crippen LogP contribution in [0.25, 0.3) is 0 Å². The van der Waals surface area contributed by atoms with Crippen LogP contribution in [-0.4, -0.2) is 18.5 Å². The van der Waals surface area contributed by atoms with Crippen LogP contribution in [0.3, 0.4) is 0 Å². The number of amides is 1. The summed E-state index contributed by atoms with van der Waals surface area (Å²) >= 11 is 0. The number of hydrogen-bond donors (Lipinski definition) is 2. The molecule has 1 aromatic rings. The zero-order chi connectivity index (χ0) is 14.8. The van der Waals surface area contributed by atoms with Crippen molar-refractivity contribution in [1.29, 1.82) is 0 Å². The number of carbonyl (C=O) groups is 1. The first-order valence-electron chi connectivity index (χ1n) is 7.81. The Labute approximate surface area is 122 Å². The number of carbonyl (C=O) groups excluding carboxylic acids is 1. The van der Waals surface area contributed by atoms with Gasteiger partial charge in [0, 0.05) is 11.6 Å². The van der Waals surface area contributed by atoms with Gasteiger partial charge in [0.25, 0.3) is 5.91 Å². The second kappa shape index (κ2) is 9.54. The maximum Gasteiger partial charge on any atom is 0.251 e. The van der Waals surface area contributed by atoms with Gasteiger partial charge in [-0.25, -0.2) is 0 Å². The van der Waals surface area contributed by atoms with Crippen LogP contribution in [0.2, 0.25) is 0 Å². The number of hydrogen-bond acceptors (Lipinski definition) is 2. The highest BCUT2D eigenvalue weighted by molar-refractivity contribution is 5.94. The van der Waals surface area contributed by atoms with Crippen LogP contribution in [0.15, 0.2) is 24.3 Å². The van der Waals surface area contributed by atoms with Crippen molar-refractivity contribution < 1.29 is 4.79 Å². The van der Waals surface area contributed by atoms with Crippen LogP contribution in [0.5, 0.6) is 0 Å². The van der Waals surface area contributed by atoms with Crippen LogP contribution in [0.1, 0.15) is 61.9 Å². The molecule has 0 heterocycles. The smallest absolute Gasteiger partial charge is 0.251 e. The Hall–Kier alpha value is -1.35. The Bertz CT molecular complexity index is 404. The number of nitrogens with two attached hydrogens (primary N) is 1. The van der Waals surface area contributed by atoms with Crippen molar-refractivity contribution in [2.45, 2.75) is 58.4 Å². The van der Waals surface area contributed by atoms with Crippen molar-refractivity contribution >= 4 is 5.91 Å². The molecule has 1 atom stereocenters. The van der Waals surface area contributed by atoms with Gasteiger partial charge in [-0.3, -0.25) is 4.79 Å². The van der Waals surface area contributed by atoms with Gasteiger partial charge in [-0.2, -0.15) is 0 Å². The van der Waals surface area contributed by atoms with Crippen LogP contribution in [0, 0.1) is 0 Å². The Morgan fingerprint density at radius 3 is 2.70 bits per heavy atom. The molecule has 0 spiro atoms. The summed E-state index contributed by atoms with van der Waals surface area (Å²) in [5.41, 5.74) is 7.43. The molecule has 1 aromatic carbocycles. The fourth-order valence-electron chi connectivity index (χ4n) is 2.39. The minimum absolute atomic E-state index is 0.0402. The highest BCUT2D eigenvalue weighted by atomic mass is 16.1. The van der Waals surface area contributed by atoms with Crippen molar-refractivity contribution in [3.8, 4) is 0 Å². The van der Waals surface area contributed by atoms with E-state index in [0.29, 0.717) is 12.6 Å². The Morgan fingerprint density at radius 2 is 2.05 bits per heavy atom. The number of rotatable bonds is 9. The van der Waals surface area contributed by atoms with E-state index >= 15 is 0 Å². The van der Waals surface area contributed by atoms with Crippen molar-refractivity contribution in [2.75, 3.05) is 6.54 Å². The predicted molar refractivity (Wildman–Crippen MR) is 84.9 cm³/mol. The standard InChI is InChI=1S/C17H28N2O/c1-3-5-10-16(7-4-2)19-17(20)15-9-6-8-14(13-15)11-12-18/h6,8-9,13,16H,3-5,7,10-12,18H2,1-2H3,(H,19,20). The van der Waals surface area contributed by atoms with Gasteiger partial charge in [0.05, 0.1) is 0 Å². The minimum atomic E-state index is 0.0402. The molecule has 0 aliphatic heterocycles. The molecule has 0 aliphatic rings. The molecular weight excluding hydrogens is 248 g/mol. The highest BCUT2D eigenvalue weighted by Gasteiger charge is 2.12. The van der Waals surface area contributed by atoms with E-state index in [4.69, 9.17) is 5.73 Å². The summed E-state index contributed by atoms with van der Waals surface area (Å²) in [6, 6.07) is 8.07. The van der Waals surface area contributed by atoms with Crippen molar-refractivity contribution in [2.24, 2.45) is 5.73 Å². The molecule has 0 bridgehead atoms. The summed E-state index contributed by atoms with van der Waals surface area (Å²) in [4.78, 5) is 12.3. The average molecular weight is 276 g/mol. The molecule has 0 aliphatic carbocycles. The quantitative estimate of drug-likeness (QED) is 0.727. The lowest BCUT2D eigenvalue weighted by Crippen LogP contribution is -2.34. The lowest BCUT2D eigenvalue weighted by Gasteiger charge is -2.18. The molecule has 0 saturated carbocycles. The number of unbranched alkanes of at least 4 members (excludes halogenated alkanes) is 1. The minimum Gasteiger partial charge on any atom is -0.349 e. The largest absolute Gasteiger partial charge is 0.349 e. The van der Waals surface area contributed by atoms with Gasteiger partial charge in [0.15, 0.2) is 0 Å². The molecule has 0 radical (unpaired) electrons. The van der Waals surface area contributed by atoms with Crippen LogP contribution >= 0.6 is 0 Å². The lowest BCUT2D eigenvalue weighted by molar-refractivity contribution is 0.0932. The van der Waals surface area contributed by atoms with E-state index in [1.807, 2.05) is 24.3 Å². The van der Waals surface area contributed by atoms with E-state index < -0.39 is 0 Å². The van der Waals surface area contributed by atoms with Gasteiger partial charge in [0.1, 0.15) is 0 Å². The number of nitrogens with one attached hydrogen (secondary N) is 1. The maximum atomic E-state index is 12.3. The predicted octanol–water partition coefficient (Wildman–Crippen LogP) is 3.28. The third-order valence-corrected chi connectivity index (χ3v) is 3.50. The molecule has 0 fully saturated rings. The van der Waals surface area contributed by atoms with Crippen LogP contribution in [0.4, 0.5) is 0 Å². The molecular formula is C17H28N2O. The molecule has 0 saturated heterocycles. The first-order chi connectivity index (χ1) is 9.71. The van der Waals surface area contributed by atoms with E-state index in [2.05, 4.69) is 19.2 Å². The van der Waals surface area contributed by atoms with Crippen LogP contribution in [-0.2, 0) is 6.42 Å². The van der Waals surface area contributed by atoms with Gasteiger partial charge >= 0.3 is 0 Å². The monoisotopic (exact) mass is 276 g/mol. The van der Waals surface area contributed by atoms with E-state index in [1.165, 1.54) is 6.42 Å². The molecule has 1 rings (SSSR count). The normalized spacial score (nSPS) is 12.2. The molecule has 3 nitrogen and oxygen atoms in total. The van der Waals surface area contributed by atoms with E-state index in [-0.39, 0.29) is 5.91 Å². The molecule has 1 amide bonds. The van der Waals surface area contributed by atoms with Crippen molar-refractivity contribution in [3.63, 3.8) is 0 Å². The SMILES string of the molecule is CCCCC(CCC)NC(=O)c1cccc(CCN)c1. The molecule has 3 heteroatoms. The fourth-order valence-corrected chi connectivity index (χ4v) is 2.39. The van der Waals surface area contributed by atoms with Crippen molar-refractivity contribution in [3.05, 3.63) is 35.4 Å². The van der Waals surface area contributed by atoms with Crippen molar-refractivity contribution in [1.82, 2.24) is 5.32 Å². The second-order valence-corrected chi connectivity index (χ2v) is 5.34. The molecule has 112 valence electrons. The molecule has 20 heavy (non-hydrogen) atoms. The summed E-state index contributed by atoms with van der Waals surface area (Å²) in [6.45, 7) is 4.95. The third kappa shape index (κ3) is 5.74. The fraction of sp³-hybridized carbons (Fsp3) is 0.588. The highest BCUT2D eigenvalue weighted by Crippen LogP contribution is 2.10. The van der Waals surface area contributed by atoms with Crippen LogP contribution < -0.4 is 11.1 Å². The van der Waals surface area contributed by atoms with Gasteiger partial charge in [-0.05, 0) is 43.5 Å². The first kappa shape index (κ1) is 16.7. The van der Waals surface area contributed by atoms with Gasteiger partial charge in [-0.15, -0.1) is 0 Å². The summed E-state index contributed by atoms with van der Waals surface area (Å²) < 4.78 is 0. The summed E-state index contributed by atoms with van der Waals surface area (Å²) in [7, 11) is 0. The molecule has 0 aromatic heterocycles. The summed E-state index contributed by atoms with van der Waals surface area (Å²) in [6.07, 6.45) is 6.37. The van der Waals surface area contributed by atoms with E-state index in [0.717, 1.165) is 43.2 Å². The van der Waals surface area contributed by atoms with Gasteiger partial charge < -0.3 is 11.1 Å². The average Bonchev–Trinajstić information content (AvgIpc) is 2.45. The third-order valence-electron chi connectivity index (χ3n) is 3.50. The topological polar surface area (TPSA) is 55.1 Å². The Morgan fingerprint density at radius 1 is 1.25 bits per heavy atom. The Balaban J connectivity index is 2.64. The lowest BCUT2D eigenvalue weighted by atomic mass is 10.0. The zero-order valence-corrected chi connectivity index (χ0v) is 12.8. The zero-order valence-electron chi connectivity index (χ0n) is 12.8. The Kier molecular flexibility index (Phi) is 7.97. The second-order valence-electron chi connectivity index (χ2n) is 5.34. The van der Waals surface area contributed by atoms with Gasteiger partial charge in [-0.1, -0.05) is 45.2 Å².